The summed E-state index contributed by atoms with van der Waals surface area (Å²) in [5.74, 6) is 2.39. The maximum absolute atomic E-state index is 4.69. The Labute approximate surface area is 109 Å². The molecule has 3 nitrogen and oxygen atoms in total. The number of likely N-dealkylation sites (tertiary alicyclic amines) is 1. The molecule has 4 heteroatoms. The summed E-state index contributed by atoms with van der Waals surface area (Å²) in [7, 11) is 2.19. The van der Waals surface area contributed by atoms with Gasteiger partial charge in [0.05, 0.1) is 0 Å². The summed E-state index contributed by atoms with van der Waals surface area (Å²) in [4.78, 5) is 11.5. The monoisotopic (exact) mass is 251 g/mol. The van der Waals surface area contributed by atoms with Gasteiger partial charge in [-0.3, -0.25) is 0 Å². The number of thiol groups is 1. The van der Waals surface area contributed by atoms with Crippen LogP contribution in [0.15, 0.2) is 6.07 Å². The van der Waals surface area contributed by atoms with Gasteiger partial charge >= 0.3 is 0 Å². The third-order valence-electron chi connectivity index (χ3n) is 3.39. The van der Waals surface area contributed by atoms with Gasteiger partial charge in [-0.25, -0.2) is 9.97 Å². The average molecular weight is 251 g/mol. The highest BCUT2D eigenvalue weighted by molar-refractivity contribution is 7.80. The Morgan fingerprint density at radius 3 is 2.71 bits per heavy atom. The molecule has 0 atom stereocenters. The first kappa shape index (κ1) is 12.8. The first-order chi connectivity index (χ1) is 8.19. The molecule has 0 bridgehead atoms. The molecular weight excluding hydrogens is 230 g/mol. The fourth-order valence-corrected chi connectivity index (χ4v) is 2.58. The minimum Gasteiger partial charge on any atom is -0.306 e. The Morgan fingerprint density at radius 1 is 1.35 bits per heavy atom. The molecular formula is C13H21N3S. The van der Waals surface area contributed by atoms with Gasteiger partial charge in [-0.2, -0.15) is 12.6 Å². The molecule has 1 aromatic rings. The SMILES string of the molecule is Cc1cc(C2CCN(C)CC2)nc(CCS)n1. The number of rotatable bonds is 3. The average Bonchev–Trinajstić information content (AvgIpc) is 2.29. The van der Waals surface area contributed by atoms with Crippen molar-refractivity contribution in [3.8, 4) is 0 Å². The molecule has 0 saturated carbocycles. The first-order valence-electron chi connectivity index (χ1n) is 6.33. The van der Waals surface area contributed by atoms with Gasteiger partial charge in [0.2, 0.25) is 0 Å². The molecule has 0 aliphatic carbocycles. The standard InChI is InChI=1S/C13H21N3S/c1-10-9-12(15-13(14-10)5-8-17)11-3-6-16(2)7-4-11/h9,11,17H,3-8H2,1-2H3. The molecule has 0 radical (unpaired) electrons. The zero-order valence-corrected chi connectivity index (χ0v) is 11.6. The van der Waals surface area contributed by atoms with E-state index in [2.05, 4.69) is 42.6 Å². The Bertz CT molecular complexity index is 373. The highest BCUT2D eigenvalue weighted by Crippen LogP contribution is 2.26. The molecule has 0 spiro atoms. The van der Waals surface area contributed by atoms with Gasteiger partial charge in [-0.1, -0.05) is 0 Å². The molecule has 1 fully saturated rings. The molecule has 1 aromatic heterocycles. The summed E-state index contributed by atoms with van der Waals surface area (Å²) in [6.07, 6.45) is 3.30. The molecule has 2 rings (SSSR count). The van der Waals surface area contributed by atoms with E-state index in [1.165, 1.54) is 31.6 Å². The van der Waals surface area contributed by atoms with Crippen LogP contribution in [0.4, 0.5) is 0 Å². The predicted molar refractivity (Wildman–Crippen MR) is 73.8 cm³/mol. The molecule has 1 aliphatic rings. The third-order valence-corrected chi connectivity index (χ3v) is 3.62. The van der Waals surface area contributed by atoms with E-state index in [1.807, 2.05) is 0 Å². The minimum atomic E-state index is 0.617. The molecule has 17 heavy (non-hydrogen) atoms. The van der Waals surface area contributed by atoms with Gasteiger partial charge in [-0.05, 0) is 51.7 Å². The van der Waals surface area contributed by atoms with E-state index in [-0.39, 0.29) is 0 Å². The van der Waals surface area contributed by atoms with Crippen LogP contribution < -0.4 is 0 Å². The molecule has 1 saturated heterocycles. The molecule has 0 aromatic carbocycles. The van der Waals surface area contributed by atoms with Crippen molar-refractivity contribution in [2.24, 2.45) is 0 Å². The second kappa shape index (κ2) is 5.83. The maximum Gasteiger partial charge on any atom is 0.129 e. The van der Waals surface area contributed by atoms with Crippen LogP contribution in [0.5, 0.6) is 0 Å². The Balaban J connectivity index is 2.14. The summed E-state index contributed by atoms with van der Waals surface area (Å²) in [6.45, 7) is 4.41. The Kier molecular flexibility index (Phi) is 4.40. The van der Waals surface area contributed by atoms with Gasteiger partial charge in [0.25, 0.3) is 0 Å². The van der Waals surface area contributed by atoms with Gasteiger partial charge in [0.15, 0.2) is 0 Å². The zero-order valence-electron chi connectivity index (χ0n) is 10.7. The van der Waals surface area contributed by atoms with E-state index in [1.54, 1.807) is 0 Å². The lowest BCUT2D eigenvalue weighted by Gasteiger charge is -2.28. The Morgan fingerprint density at radius 2 is 2.06 bits per heavy atom. The van der Waals surface area contributed by atoms with Gasteiger partial charge < -0.3 is 4.90 Å². The fraction of sp³-hybridized carbons (Fsp3) is 0.692. The minimum absolute atomic E-state index is 0.617. The van der Waals surface area contributed by atoms with Crippen molar-refractivity contribution >= 4 is 12.6 Å². The van der Waals surface area contributed by atoms with E-state index >= 15 is 0 Å². The van der Waals surface area contributed by atoms with Crippen molar-refractivity contribution in [3.63, 3.8) is 0 Å². The number of nitrogens with zero attached hydrogens (tertiary/aromatic N) is 3. The van der Waals surface area contributed by atoms with Crippen LogP contribution in [-0.4, -0.2) is 40.8 Å². The number of aromatic nitrogens is 2. The highest BCUT2D eigenvalue weighted by Gasteiger charge is 2.20. The van der Waals surface area contributed by atoms with E-state index in [4.69, 9.17) is 4.98 Å². The number of hydrogen-bond donors (Lipinski definition) is 1. The summed E-state index contributed by atoms with van der Waals surface area (Å²) < 4.78 is 0. The van der Waals surface area contributed by atoms with Crippen molar-refractivity contribution in [2.45, 2.75) is 32.1 Å². The van der Waals surface area contributed by atoms with Crippen LogP contribution in [-0.2, 0) is 6.42 Å². The maximum atomic E-state index is 4.69. The molecule has 0 amide bonds. The lowest BCUT2D eigenvalue weighted by Crippen LogP contribution is -2.29. The van der Waals surface area contributed by atoms with Crippen LogP contribution >= 0.6 is 12.6 Å². The quantitative estimate of drug-likeness (QED) is 0.834. The largest absolute Gasteiger partial charge is 0.306 e. The summed E-state index contributed by atoms with van der Waals surface area (Å²) in [5.41, 5.74) is 2.33. The normalized spacial score (nSPS) is 18.5. The van der Waals surface area contributed by atoms with Crippen LogP contribution in [0.2, 0.25) is 0 Å². The number of hydrogen-bond acceptors (Lipinski definition) is 4. The third kappa shape index (κ3) is 3.42. The number of piperidine rings is 1. The second-order valence-corrected chi connectivity index (χ2v) is 5.35. The van der Waals surface area contributed by atoms with Crippen LogP contribution in [0, 0.1) is 6.92 Å². The number of aryl methyl sites for hydroxylation is 2. The lowest BCUT2D eigenvalue weighted by atomic mass is 9.93. The lowest BCUT2D eigenvalue weighted by molar-refractivity contribution is 0.253. The Hall–Kier alpha value is -0.610. The topological polar surface area (TPSA) is 29.0 Å². The van der Waals surface area contributed by atoms with E-state index < -0.39 is 0 Å². The second-order valence-electron chi connectivity index (χ2n) is 4.90. The van der Waals surface area contributed by atoms with Crippen LogP contribution in [0.3, 0.4) is 0 Å². The van der Waals surface area contributed by atoms with Crippen LogP contribution in [0.1, 0.15) is 36.0 Å². The fourth-order valence-electron chi connectivity index (χ4n) is 2.38. The van der Waals surface area contributed by atoms with Crippen molar-refractivity contribution in [1.29, 1.82) is 0 Å². The van der Waals surface area contributed by atoms with Crippen molar-refractivity contribution in [2.75, 3.05) is 25.9 Å². The smallest absolute Gasteiger partial charge is 0.129 e. The summed E-state index contributed by atoms with van der Waals surface area (Å²) in [5, 5.41) is 0. The summed E-state index contributed by atoms with van der Waals surface area (Å²) in [6, 6.07) is 2.15. The van der Waals surface area contributed by atoms with E-state index in [0.717, 1.165) is 23.7 Å². The van der Waals surface area contributed by atoms with Crippen molar-refractivity contribution < 1.29 is 0 Å². The van der Waals surface area contributed by atoms with Gasteiger partial charge in [0, 0.05) is 23.7 Å². The predicted octanol–water partition coefficient (Wildman–Crippen LogP) is 2.07. The molecule has 0 unspecified atom stereocenters. The first-order valence-corrected chi connectivity index (χ1v) is 6.96. The molecule has 0 N–H and O–H groups in total. The van der Waals surface area contributed by atoms with Crippen molar-refractivity contribution in [1.82, 2.24) is 14.9 Å². The van der Waals surface area contributed by atoms with Crippen molar-refractivity contribution in [3.05, 3.63) is 23.3 Å². The van der Waals surface area contributed by atoms with Gasteiger partial charge in [0.1, 0.15) is 5.82 Å². The molecule has 1 aliphatic heterocycles. The summed E-state index contributed by atoms with van der Waals surface area (Å²) >= 11 is 4.25. The van der Waals surface area contributed by atoms with Crippen LogP contribution in [0.25, 0.3) is 0 Å². The van der Waals surface area contributed by atoms with E-state index in [0.29, 0.717) is 5.92 Å². The zero-order chi connectivity index (χ0) is 12.3. The highest BCUT2D eigenvalue weighted by atomic mass is 32.1. The van der Waals surface area contributed by atoms with E-state index in [9.17, 15) is 0 Å². The molecule has 94 valence electrons. The molecule has 2 heterocycles. The van der Waals surface area contributed by atoms with Gasteiger partial charge in [-0.15, -0.1) is 0 Å².